The SMILES string of the molecule is CCCN(CCC)C(=O)CN1CCCc2cc(F)ccc21. The number of aryl methyl sites for hydroxylation is 1. The van der Waals surface area contributed by atoms with Crippen LogP contribution in [0.5, 0.6) is 0 Å². The first-order chi connectivity index (χ1) is 10.2. The molecule has 1 aliphatic heterocycles. The number of carbonyl (C=O) groups is 1. The van der Waals surface area contributed by atoms with Gasteiger partial charge in [-0.2, -0.15) is 0 Å². The van der Waals surface area contributed by atoms with Gasteiger partial charge in [0.05, 0.1) is 6.54 Å². The number of hydrogen-bond donors (Lipinski definition) is 0. The van der Waals surface area contributed by atoms with Gasteiger partial charge in [-0.1, -0.05) is 13.8 Å². The second-order valence-electron chi connectivity index (χ2n) is 5.68. The van der Waals surface area contributed by atoms with Crippen LogP contribution in [-0.2, 0) is 11.2 Å². The normalized spacial score (nSPS) is 14.0. The van der Waals surface area contributed by atoms with Gasteiger partial charge in [0.2, 0.25) is 5.91 Å². The summed E-state index contributed by atoms with van der Waals surface area (Å²) < 4.78 is 13.3. The van der Waals surface area contributed by atoms with E-state index in [9.17, 15) is 9.18 Å². The van der Waals surface area contributed by atoms with E-state index < -0.39 is 0 Å². The zero-order valence-corrected chi connectivity index (χ0v) is 13.1. The monoisotopic (exact) mass is 292 g/mol. The largest absolute Gasteiger partial charge is 0.362 e. The Kier molecular flexibility index (Phi) is 5.59. The molecule has 0 N–H and O–H groups in total. The summed E-state index contributed by atoms with van der Waals surface area (Å²) in [6.45, 7) is 7.09. The van der Waals surface area contributed by atoms with Gasteiger partial charge in [0.1, 0.15) is 5.82 Å². The fourth-order valence-electron chi connectivity index (χ4n) is 2.97. The smallest absolute Gasteiger partial charge is 0.242 e. The van der Waals surface area contributed by atoms with Gasteiger partial charge in [-0.05, 0) is 49.4 Å². The molecule has 0 unspecified atom stereocenters. The minimum absolute atomic E-state index is 0.177. The summed E-state index contributed by atoms with van der Waals surface area (Å²) in [5, 5.41) is 0. The number of amides is 1. The van der Waals surface area contributed by atoms with Crippen LogP contribution >= 0.6 is 0 Å². The first-order valence-corrected chi connectivity index (χ1v) is 7.96. The summed E-state index contributed by atoms with van der Waals surface area (Å²) in [5.74, 6) is -0.0172. The van der Waals surface area contributed by atoms with Crippen molar-refractivity contribution in [3.05, 3.63) is 29.6 Å². The van der Waals surface area contributed by atoms with Crippen LogP contribution in [0.25, 0.3) is 0 Å². The topological polar surface area (TPSA) is 23.6 Å². The van der Waals surface area contributed by atoms with Crippen LogP contribution in [0.2, 0.25) is 0 Å². The van der Waals surface area contributed by atoms with Gasteiger partial charge in [-0.25, -0.2) is 4.39 Å². The highest BCUT2D eigenvalue weighted by Crippen LogP contribution is 2.27. The van der Waals surface area contributed by atoms with Crippen molar-refractivity contribution in [1.29, 1.82) is 0 Å². The van der Waals surface area contributed by atoms with Crippen molar-refractivity contribution in [3.63, 3.8) is 0 Å². The number of anilines is 1. The minimum atomic E-state index is -0.194. The molecule has 1 heterocycles. The summed E-state index contributed by atoms with van der Waals surface area (Å²) >= 11 is 0. The molecule has 0 spiro atoms. The van der Waals surface area contributed by atoms with Crippen LogP contribution in [-0.4, -0.2) is 37.0 Å². The van der Waals surface area contributed by atoms with Crippen LogP contribution in [0.1, 0.15) is 38.7 Å². The van der Waals surface area contributed by atoms with Crippen molar-refractivity contribution < 1.29 is 9.18 Å². The number of halogens is 1. The lowest BCUT2D eigenvalue weighted by Crippen LogP contribution is -2.42. The molecule has 4 heteroatoms. The summed E-state index contributed by atoms with van der Waals surface area (Å²) in [5.41, 5.74) is 2.04. The molecule has 2 rings (SSSR count). The molecule has 1 amide bonds. The lowest BCUT2D eigenvalue weighted by atomic mass is 10.0. The van der Waals surface area contributed by atoms with E-state index in [2.05, 4.69) is 18.7 Å². The molecule has 0 atom stereocenters. The number of nitrogens with zero attached hydrogens (tertiary/aromatic N) is 2. The maximum Gasteiger partial charge on any atom is 0.242 e. The van der Waals surface area contributed by atoms with E-state index in [1.807, 2.05) is 4.90 Å². The predicted octanol–water partition coefficient (Wildman–Crippen LogP) is 3.23. The Morgan fingerprint density at radius 1 is 1.29 bits per heavy atom. The number of rotatable bonds is 6. The van der Waals surface area contributed by atoms with Crippen molar-refractivity contribution in [2.45, 2.75) is 39.5 Å². The highest BCUT2D eigenvalue weighted by molar-refractivity contribution is 5.82. The van der Waals surface area contributed by atoms with Gasteiger partial charge in [-0.15, -0.1) is 0 Å². The lowest BCUT2D eigenvalue weighted by Gasteiger charge is -2.33. The highest BCUT2D eigenvalue weighted by Gasteiger charge is 2.21. The maximum absolute atomic E-state index is 13.3. The molecule has 0 aromatic heterocycles. The third-order valence-corrected chi connectivity index (χ3v) is 3.92. The Balaban J connectivity index is 2.08. The van der Waals surface area contributed by atoms with E-state index in [0.717, 1.165) is 56.6 Å². The molecule has 21 heavy (non-hydrogen) atoms. The predicted molar refractivity (Wildman–Crippen MR) is 84.1 cm³/mol. The molecule has 1 aliphatic rings. The van der Waals surface area contributed by atoms with Gasteiger partial charge in [0, 0.05) is 25.3 Å². The van der Waals surface area contributed by atoms with Crippen molar-refractivity contribution in [3.8, 4) is 0 Å². The average molecular weight is 292 g/mol. The summed E-state index contributed by atoms with van der Waals surface area (Å²) in [4.78, 5) is 16.5. The van der Waals surface area contributed by atoms with Crippen molar-refractivity contribution in [1.82, 2.24) is 4.90 Å². The average Bonchev–Trinajstić information content (AvgIpc) is 2.47. The first kappa shape index (κ1) is 15.8. The summed E-state index contributed by atoms with van der Waals surface area (Å²) in [6, 6.07) is 4.89. The van der Waals surface area contributed by atoms with Crippen LogP contribution in [0.15, 0.2) is 18.2 Å². The lowest BCUT2D eigenvalue weighted by molar-refractivity contribution is -0.129. The van der Waals surface area contributed by atoms with E-state index in [1.165, 1.54) is 6.07 Å². The second kappa shape index (κ2) is 7.43. The Morgan fingerprint density at radius 3 is 2.67 bits per heavy atom. The van der Waals surface area contributed by atoms with Crippen LogP contribution < -0.4 is 4.90 Å². The standard InChI is InChI=1S/C17H25FN2O/c1-3-9-19(10-4-2)17(21)13-20-11-5-6-14-12-15(18)7-8-16(14)20/h7-8,12H,3-6,9-11,13H2,1-2H3. The molecular weight excluding hydrogens is 267 g/mol. The van der Waals surface area contributed by atoms with Gasteiger partial charge < -0.3 is 9.80 Å². The van der Waals surface area contributed by atoms with Crippen LogP contribution in [0, 0.1) is 5.82 Å². The maximum atomic E-state index is 13.3. The Morgan fingerprint density at radius 2 is 2.00 bits per heavy atom. The molecule has 1 aromatic rings. The van der Waals surface area contributed by atoms with E-state index in [4.69, 9.17) is 0 Å². The Bertz CT molecular complexity index is 484. The summed E-state index contributed by atoms with van der Waals surface area (Å²) in [6.07, 6.45) is 3.83. The van der Waals surface area contributed by atoms with Crippen molar-refractivity contribution >= 4 is 11.6 Å². The molecule has 0 radical (unpaired) electrons. The summed E-state index contributed by atoms with van der Waals surface area (Å²) in [7, 11) is 0. The highest BCUT2D eigenvalue weighted by atomic mass is 19.1. The molecule has 3 nitrogen and oxygen atoms in total. The molecule has 1 aromatic carbocycles. The quantitative estimate of drug-likeness (QED) is 0.803. The van der Waals surface area contributed by atoms with Crippen molar-refractivity contribution in [2.24, 2.45) is 0 Å². The van der Waals surface area contributed by atoms with Crippen LogP contribution in [0.4, 0.5) is 10.1 Å². The van der Waals surface area contributed by atoms with E-state index in [0.29, 0.717) is 6.54 Å². The number of benzene rings is 1. The van der Waals surface area contributed by atoms with E-state index in [-0.39, 0.29) is 11.7 Å². The zero-order valence-electron chi connectivity index (χ0n) is 13.1. The second-order valence-corrected chi connectivity index (χ2v) is 5.68. The molecular formula is C17H25FN2O. The van der Waals surface area contributed by atoms with Crippen molar-refractivity contribution in [2.75, 3.05) is 31.1 Å². The van der Waals surface area contributed by atoms with Gasteiger partial charge in [0.25, 0.3) is 0 Å². The van der Waals surface area contributed by atoms with Crippen LogP contribution in [0.3, 0.4) is 0 Å². The molecule has 0 fully saturated rings. The van der Waals surface area contributed by atoms with E-state index >= 15 is 0 Å². The Hall–Kier alpha value is -1.58. The molecule has 0 saturated carbocycles. The number of carbonyl (C=O) groups excluding carboxylic acids is 1. The molecule has 0 saturated heterocycles. The Labute approximate surface area is 126 Å². The molecule has 116 valence electrons. The van der Waals surface area contributed by atoms with Gasteiger partial charge in [0.15, 0.2) is 0 Å². The van der Waals surface area contributed by atoms with E-state index in [1.54, 1.807) is 12.1 Å². The molecule has 0 aliphatic carbocycles. The minimum Gasteiger partial charge on any atom is -0.362 e. The number of hydrogen-bond acceptors (Lipinski definition) is 2. The molecule has 0 bridgehead atoms. The van der Waals surface area contributed by atoms with Gasteiger partial charge in [-0.3, -0.25) is 4.79 Å². The van der Waals surface area contributed by atoms with Gasteiger partial charge >= 0.3 is 0 Å². The fourth-order valence-corrected chi connectivity index (χ4v) is 2.97. The third-order valence-electron chi connectivity index (χ3n) is 3.92. The first-order valence-electron chi connectivity index (χ1n) is 7.96. The fraction of sp³-hybridized carbons (Fsp3) is 0.588. The third kappa shape index (κ3) is 3.96. The number of fused-ring (bicyclic) bond motifs is 1. The zero-order chi connectivity index (χ0) is 15.2.